The van der Waals surface area contributed by atoms with Crippen molar-refractivity contribution in [1.82, 2.24) is 5.32 Å². The highest BCUT2D eigenvalue weighted by Gasteiger charge is 1.97. The molecule has 76 valence electrons. The van der Waals surface area contributed by atoms with Gasteiger partial charge in [0.1, 0.15) is 0 Å². The van der Waals surface area contributed by atoms with Crippen LogP contribution in [0.15, 0.2) is 12.7 Å². The standard InChI is InChI=1S/C11H21NO/c1-3-5-7-8-10-12-11(13)9-6-4-2/h3H,1,4-10H2,2H3,(H,12,13). The number of carbonyl (C=O) groups is 1. The van der Waals surface area contributed by atoms with Crippen molar-refractivity contribution in [3.8, 4) is 0 Å². The van der Waals surface area contributed by atoms with E-state index in [0.29, 0.717) is 6.42 Å². The van der Waals surface area contributed by atoms with Crippen LogP contribution >= 0.6 is 0 Å². The lowest BCUT2D eigenvalue weighted by molar-refractivity contribution is -0.121. The van der Waals surface area contributed by atoms with Gasteiger partial charge in [0.15, 0.2) is 0 Å². The number of nitrogens with one attached hydrogen (secondary N) is 1. The Balaban J connectivity index is 3.12. The molecule has 0 aliphatic rings. The summed E-state index contributed by atoms with van der Waals surface area (Å²) >= 11 is 0. The van der Waals surface area contributed by atoms with Crippen molar-refractivity contribution in [2.45, 2.75) is 45.4 Å². The van der Waals surface area contributed by atoms with Gasteiger partial charge in [0.25, 0.3) is 0 Å². The van der Waals surface area contributed by atoms with Gasteiger partial charge in [-0.1, -0.05) is 19.4 Å². The van der Waals surface area contributed by atoms with E-state index in [1.165, 1.54) is 0 Å². The molecular formula is C11H21NO. The fraction of sp³-hybridized carbons (Fsp3) is 0.727. The van der Waals surface area contributed by atoms with E-state index < -0.39 is 0 Å². The quantitative estimate of drug-likeness (QED) is 0.455. The first kappa shape index (κ1) is 12.2. The van der Waals surface area contributed by atoms with Gasteiger partial charge in [-0.05, 0) is 25.7 Å². The Morgan fingerprint density at radius 1 is 1.38 bits per heavy atom. The molecule has 0 aliphatic carbocycles. The van der Waals surface area contributed by atoms with E-state index in [0.717, 1.165) is 38.6 Å². The van der Waals surface area contributed by atoms with Gasteiger partial charge >= 0.3 is 0 Å². The van der Waals surface area contributed by atoms with Gasteiger partial charge in [-0.15, -0.1) is 6.58 Å². The minimum absolute atomic E-state index is 0.195. The zero-order valence-corrected chi connectivity index (χ0v) is 8.64. The number of carbonyl (C=O) groups excluding carboxylic acids is 1. The fourth-order valence-electron chi connectivity index (χ4n) is 1.07. The molecule has 0 aromatic carbocycles. The van der Waals surface area contributed by atoms with Gasteiger partial charge in [0.2, 0.25) is 5.91 Å². The lowest BCUT2D eigenvalue weighted by atomic mass is 10.2. The third-order valence-electron chi connectivity index (χ3n) is 1.91. The van der Waals surface area contributed by atoms with E-state index >= 15 is 0 Å². The van der Waals surface area contributed by atoms with Crippen LogP contribution in [0.3, 0.4) is 0 Å². The number of allylic oxidation sites excluding steroid dienone is 1. The number of unbranched alkanes of at least 4 members (excludes halogenated alkanes) is 3. The van der Waals surface area contributed by atoms with Crippen molar-refractivity contribution in [1.29, 1.82) is 0 Å². The molecule has 0 unspecified atom stereocenters. The van der Waals surface area contributed by atoms with E-state index in [9.17, 15) is 4.79 Å². The predicted octanol–water partition coefficient (Wildman–Crippen LogP) is 2.65. The topological polar surface area (TPSA) is 29.1 Å². The van der Waals surface area contributed by atoms with Gasteiger partial charge in [-0.2, -0.15) is 0 Å². The summed E-state index contributed by atoms with van der Waals surface area (Å²) in [5.74, 6) is 0.195. The molecule has 0 fully saturated rings. The lowest BCUT2D eigenvalue weighted by Gasteiger charge is -2.03. The molecule has 0 atom stereocenters. The summed E-state index contributed by atoms with van der Waals surface area (Å²) in [6.07, 6.45) is 7.91. The molecule has 2 nitrogen and oxygen atoms in total. The van der Waals surface area contributed by atoms with Crippen LogP contribution in [0.4, 0.5) is 0 Å². The Labute approximate surface area is 81.4 Å². The second kappa shape index (κ2) is 9.30. The third-order valence-corrected chi connectivity index (χ3v) is 1.91. The summed E-state index contributed by atoms with van der Waals surface area (Å²) in [6, 6.07) is 0. The van der Waals surface area contributed by atoms with Crippen LogP contribution in [0.25, 0.3) is 0 Å². The Bertz CT molecular complexity index is 143. The maximum Gasteiger partial charge on any atom is 0.219 e. The molecule has 0 rings (SSSR count). The van der Waals surface area contributed by atoms with Gasteiger partial charge in [-0.25, -0.2) is 0 Å². The highest BCUT2D eigenvalue weighted by molar-refractivity contribution is 5.75. The normalized spacial score (nSPS) is 9.62. The van der Waals surface area contributed by atoms with Crippen LogP contribution in [0, 0.1) is 0 Å². The molecule has 0 saturated heterocycles. The largest absolute Gasteiger partial charge is 0.356 e. The number of hydrogen-bond donors (Lipinski definition) is 1. The van der Waals surface area contributed by atoms with Crippen LogP contribution in [-0.2, 0) is 4.79 Å². The fourth-order valence-corrected chi connectivity index (χ4v) is 1.07. The summed E-state index contributed by atoms with van der Waals surface area (Å²) in [5, 5.41) is 2.90. The summed E-state index contributed by atoms with van der Waals surface area (Å²) in [7, 11) is 0. The van der Waals surface area contributed by atoms with Gasteiger partial charge < -0.3 is 5.32 Å². The lowest BCUT2D eigenvalue weighted by Crippen LogP contribution is -2.23. The van der Waals surface area contributed by atoms with E-state index in [-0.39, 0.29) is 5.91 Å². The molecule has 0 spiro atoms. The molecule has 2 heteroatoms. The summed E-state index contributed by atoms with van der Waals surface area (Å²) in [4.78, 5) is 11.1. The van der Waals surface area contributed by atoms with Crippen LogP contribution in [0.1, 0.15) is 45.4 Å². The molecule has 0 radical (unpaired) electrons. The smallest absolute Gasteiger partial charge is 0.219 e. The number of rotatable bonds is 8. The number of amides is 1. The average molecular weight is 183 g/mol. The average Bonchev–Trinajstić information content (AvgIpc) is 2.14. The second-order valence-corrected chi connectivity index (χ2v) is 3.24. The van der Waals surface area contributed by atoms with Crippen molar-refractivity contribution in [2.24, 2.45) is 0 Å². The zero-order valence-electron chi connectivity index (χ0n) is 8.64. The van der Waals surface area contributed by atoms with Gasteiger partial charge in [0, 0.05) is 13.0 Å². The van der Waals surface area contributed by atoms with Crippen molar-refractivity contribution in [2.75, 3.05) is 6.54 Å². The first-order chi connectivity index (χ1) is 6.31. The van der Waals surface area contributed by atoms with Gasteiger partial charge in [-0.3, -0.25) is 4.79 Å². The van der Waals surface area contributed by atoms with Crippen molar-refractivity contribution in [3.63, 3.8) is 0 Å². The van der Waals surface area contributed by atoms with Crippen LogP contribution in [0.2, 0.25) is 0 Å². The van der Waals surface area contributed by atoms with E-state index in [1.807, 2.05) is 6.08 Å². The van der Waals surface area contributed by atoms with Crippen LogP contribution in [-0.4, -0.2) is 12.5 Å². The molecule has 13 heavy (non-hydrogen) atoms. The first-order valence-electron chi connectivity index (χ1n) is 5.18. The minimum Gasteiger partial charge on any atom is -0.356 e. The van der Waals surface area contributed by atoms with Crippen LogP contribution < -0.4 is 5.32 Å². The molecular weight excluding hydrogens is 162 g/mol. The maximum absolute atomic E-state index is 11.1. The highest BCUT2D eigenvalue weighted by Crippen LogP contribution is 1.95. The maximum atomic E-state index is 11.1. The predicted molar refractivity (Wildman–Crippen MR) is 56.6 cm³/mol. The molecule has 1 N–H and O–H groups in total. The SMILES string of the molecule is C=CCCCCNC(=O)CCCC. The molecule has 0 heterocycles. The Kier molecular flexibility index (Phi) is 8.73. The van der Waals surface area contributed by atoms with Gasteiger partial charge in [0.05, 0.1) is 0 Å². The second-order valence-electron chi connectivity index (χ2n) is 3.24. The first-order valence-corrected chi connectivity index (χ1v) is 5.18. The Morgan fingerprint density at radius 2 is 2.15 bits per heavy atom. The number of hydrogen-bond acceptors (Lipinski definition) is 1. The highest BCUT2D eigenvalue weighted by atomic mass is 16.1. The molecule has 0 aromatic heterocycles. The molecule has 0 saturated carbocycles. The molecule has 0 aromatic rings. The summed E-state index contributed by atoms with van der Waals surface area (Å²) < 4.78 is 0. The van der Waals surface area contributed by atoms with Crippen molar-refractivity contribution < 1.29 is 4.79 Å². The summed E-state index contributed by atoms with van der Waals surface area (Å²) in [5.41, 5.74) is 0. The molecule has 0 aliphatic heterocycles. The molecule has 0 bridgehead atoms. The minimum atomic E-state index is 0.195. The van der Waals surface area contributed by atoms with Crippen molar-refractivity contribution in [3.05, 3.63) is 12.7 Å². The third kappa shape index (κ3) is 9.12. The van der Waals surface area contributed by atoms with Crippen molar-refractivity contribution >= 4 is 5.91 Å². The summed E-state index contributed by atoms with van der Waals surface area (Å²) in [6.45, 7) is 6.56. The molecule has 1 amide bonds. The van der Waals surface area contributed by atoms with E-state index in [1.54, 1.807) is 0 Å². The van der Waals surface area contributed by atoms with E-state index in [4.69, 9.17) is 0 Å². The Hall–Kier alpha value is -0.790. The Morgan fingerprint density at radius 3 is 2.77 bits per heavy atom. The van der Waals surface area contributed by atoms with E-state index in [2.05, 4.69) is 18.8 Å². The monoisotopic (exact) mass is 183 g/mol. The van der Waals surface area contributed by atoms with Crippen LogP contribution in [0.5, 0.6) is 0 Å². The zero-order chi connectivity index (χ0) is 9.94.